The molecule has 7 nitrogen and oxygen atoms in total. The first-order valence-electron chi connectivity index (χ1n) is 10.2. The third-order valence-corrected chi connectivity index (χ3v) is 5.66. The monoisotopic (exact) mass is 392 g/mol. The Labute approximate surface area is 171 Å². The zero-order valence-corrected chi connectivity index (χ0v) is 17.1. The number of hydrogen-bond donors (Lipinski definition) is 1. The molecule has 0 amide bonds. The Morgan fingerprint density at radius 1 is 1.00 bits per heavy atom. The van der Waals surface area contributed by atoms with Crippen molar-refractivity contribution in [2.24, 2.45) is 0 Å². The molecule has 7 heteroatoms. The molecule has 0 spiro atoms. The Balaban J connectivity index is 1.45. The highest BCUT2D eigenvalue weighted by molar-refractivity contribution is 5.72. The van der Waals surface area contributed by atoms with Crippen LogP contribution in [-0.2, 0) is 19.7 Å². The molecular weight excluding hydrogens is 364 g/mol. The highest BCUT2D eigenvalue weighted by Crippen LogP contribution is 2.28. The topological polar surface area (TPSA) is 70.3 Å². The molecule has 2 aromatic heterocycles. The lowest BCUT2D eigenvalue weighted by Crippen LogP contribution is -2.46. The molecule has 0 aliphatic carbocycles. The molecule has 0 radical (unpaired) electrons. The number of anilines is 1. The molecule has 3 aromatic rings. The number of aliphatic hydroxyl groups is 1. The van der Waals surface area contributed by atoms with E-state index in [1.54, 1.807) is 12.4 Å². The third-order valence-electron chi connectivity index (χ3n) is 5.66. The van der Waals surface area contributed by atoms with Crippen molar-refractivity contribution in [3.05, 3.63) is 59.7 Å². The van der Waals surface area contributed by atoms with Gasteiger partial charge in [0, 0.05) is 68.5 Å². The van der Waals surface area contributed by atoms with Crippen LogP contribution in [0, 0.1) is 6.92 Å². The summed E-state index contributed by atoms with van der Waals surface area (Å²) in [4.78, 5) is 14.0. The van der Waals surface area contributed by atoms with Crippen LogP contribution in [0.5, 0.6) is 0 Å². The molecule has 1 aromatic carbocycles. The number of piperazine rings is 1. The van der Waals surface area contributed by atoms with Crippen LogP contribution in [0.4, 0.5) is 5.82 Å². The molecule has 1 aliphatic heterocycles. The van der Waals surface area contributed by atoms with Crippen LogP contribution in [0.25, 0.3) is 11.3 Å². The lowest BCUT2D eigenvalue weighted by atomic mass is 10.1. The molecule has 0 bridgehead atoms. The molecular formula is C22H28N6O. The van der Waals surface area contributed by atoms with Crippen molar-refractivity contribution < 1.29 is 5.11 Å². The van der Waals surface area contributed by atoms with Gasteiger partial charge in [0.2, 0.25) is 0 Å². The number of rotatable bonds is 6. The smallest absolute Gasteiger partial charge is 0.155 e. The summed E-state index contributed by atoms with van der Waals surface area (Å²) < 4.78 is 2.06. The molecule has 152 valence electrons. The number of hydrogen-bond acceptors (Lipinski definition) is 6. The van der Waals surface area contributed by atoms with Gasteiger partial charge in [-0.05, 0) is 19.4 Å². The zero-order chi connectivity index (χ0) is 20.2. The first kappa shape index (κ1) is 19.5. The minimum Gasteiger partial charge on any atom is -0.392 e. The summed E-state index contributed by atoms with van der Waals surface area (Å²) in [5, 5.41) is 13.7. The lowest BCUT2D eigenvalue weighted by Gasteiger charge is -2.35. The maximum atomic E-state index is 9.27. The van der Waals surface area contributed by atoms with Gasteiger partial charge in [-0.2, -0.15) is 5.10 Å². The predicted molar refractivity (Wildman–Crippen MR) is 114 cm³/mol. The van der Waals surface area contributed by atoms with Gasteiger partial charge in [-0.3, -0.25) is 14.6 Å². The van der Waals surface area contributed by atoms with Gasteiger partial charge in [0.05, 0.1) is 12.8 Å². The molecule has 0 saturated carbocycles. The predicted octanol–water partition coefficient (Wildman–Crippen LogP) is 2.48. The largest absolute Gasteiger partial charge is 0.392 e. The summed E-state index contributed by atoms with van der Waals surface area (Å²) in [6.07, 6.45) is 5.50. The molecule has 1 saturated heterocycles. The molecule has 1 aliphatic rings. The van der Waals surface area contributed by atoms with Crippen molar-refractivity contribution in [1.82, 2.24) is 24.6 Å². The summed E-state index contributed by atoms with van der Waals surface area (Å²) in [5.41, 5.74) is 5.39. The van der Waals surface area contributed by atoms with E-state index in [2.05, 4.69) is 43.4 Å². The lowest BCUT2D eigenvalue weighted by molar-refractivity contribution is 0.249. The Morgan fingerprint density at radius 3 is 2.38 bits per heavy atom. The van der Waals surface area contributed by atoms with E-state index < -0.39 is 0 Å². The number of aryl methyl sites for hydroxylation is 1. The van der Waals surface area contributed by atoms with E-state index in [9.17, 15) is 5.11 Å². The van der Waals surface area contributed by atoms with E-state index in [0.29, 0.717) is 0 Å². The van der Waals surface area contributed by atoms with E-state index in [4.69, 9.17) is 0 Å². The maximum absolute atomic E-state index is 9.27. The Morgan fingerprint density at radius 2 is 1.72 bits per heavy atom. The molecule has 1 N–H and O–H groups in total. The summed E-state index contributed by atoms with van der Waals surface area (Å²) in [6, 6.07) is 7.88. The number of aliphatic hydroxyl groups excluding tert-OH is 1. The molecule has 0 unspecified atom stereocenters. The standard InChI is InChI=1S/C22H28N6O/c1-3-28-17(2)20(14-25-28)15-26-10-12-27(13-11-26)22-21(23-8-9-24-22)19-6-4-18(16-29)5-7-19/h4-9,14,29H,3,10-13,15-16H2,1-2H3. The second kappa shape index (κ2) is 8.71. The quantitative estimate of drug-likeness (QED) is 0.695. The minimum absolute atomic E-state index is 0.0478. The second-order valence-corrected chi connectivity index (χ2v) is 7.42. The van der Waals surface area contributed by atoms with E-state index in [1.807, 2.05) is 30.5 Å². The average molecular weight is 393 g/mol. The highest BCUT2D eigenvalue weighted by Gasteiger charge is 2.22. The minimum atomic E-state index is 0.0478. The van der Waals surface area contributed by atoms with Crippen LogP contribution in [-0.4, -0.2) is 55.9 Å². The van der Waals surface area contributed by atoms with Gasteiger partial charge < -0.3 is 10.0 Å². The van der Waals surface area contributed by atoms with Gasteiger partial charge in [-0.25, -0.2) is 4.98 Å². The van der Waals surface area contributed by atoms with Crippen molar-refractivity contribution in [2.45, 2.75) is 33.5 Å². The van der Waals surface area contributed by atoms with E-state index >= 15 is 0 Å². The number of aromatic nitrogens is 4. The van der Waals surface area contributed by atoms with E-state index in [1.165, 1.54) is 11.3 Å². The second-order valence-electron chi connectivity index (χ2n) is 7.42. The Hall–Kier alpha value is -2.77. The van der Waals surface area contributed by atoms with Crippen molar-refractivity contribution in [1.29, 1.82) is 0 Å². The van der Waals surface area contributed by atoms with Crippen molar-refractivity contribution in [3.63, 3.8) is 0 Å². The summed E-state index contributed by atoms with van der Waals surface area (Å²) in [7, 11) is 0. The Bertz CT molecular complexity index is 944. The molecule has 3 heterocycles. The van der Waals surface area contributed by atoms with Crippen molar-refractivity contribution in [3.8, 4) is 11.3 Å². The molecule has 0 atom stereocenters. The van der Waals surface area contributed by atoms with Gasteiger partial charge in [-0.15, -0.1) is 0 Å². The fraction of sp³-hybridized carbons (Fsp3) is 0.409. The van der Waals surface area contributed by atoms with Crippen LogP contribution in [0.3, 0.4) is 0 Å². The average Bonchev–Trinajstić information content (AvgIpc) is 3.13. The molecule has 29 heavy (non-hydrogen) atoms. The van der Waals surface area contributed by atoms with Gasteiger partial charge in [0.15, 0.2) is 5.82 Å². The van der Waals surface area contributed by atoms with E-state index in [0.717, 1.165) is 61.9 Å². The number of nitrogens with zero attached hydrogens (tertiary/aromatic N) is 6. The van der Waals surface area contributed by atoms with Crippen molar-refractivity contribution >= 4 is 5.82 Å². The summed E-state index contributed by atoms with van der Waals surface area (Å²) in [5.74, 6) is 0.930. The van der Waals surface area contributed by atoms with Crippen molar-refractivity contribution in [2.75, 3.05) is 31.1 Å². The summed E-state index contributed by atoms with van der Waals surface area (Å²) >= 11 is 0. The molecule has 4 rings (SSSR count). The normalized spacial score (nSPS) is 15.1. The molecule has 1 fully saturated rings. The van der Waals surface area contributed by atoms with E-state index in [-0.39, 0.29) is 6.61 Å². The first-order chi connectivity index (χ1) is 14.2. The van der Waals surface area contributed by atoms with Crippen LogP contribution < -0.4 is 4.90 Å². The van der Waals surface area contributed by atoms with Crippen LogP contribution in [0.1, 0.15) is 23.7 Å². The van der Waals surface area contributed by atoms with Crippen LogP contribution >= 0.6 is 0 Å². The maximum Gasteiger partial charge on any atom is 0.155 e. The van der Waals surface area contributed by atoms with Gasteiger partial charge in [0.25, 0.3) is 0 Å². The first-order valence-corrected chi connectivity index (χ1v) is 10.2. The SMILES string of the molecule is CCn1ncc(CN2CCN(c3nccnc3-c3ccc(CO)cc3)CC2)c1C. The van der Waals surface area contributed by atoms with Gasteiger partial charge in [0.1, 0.15) is 5.69 Å². The zero-order valence-electron chi connectivity index (χ0n) is 17.1. The van der Waals surface area contributed by atoms with Crippen LogP contribution in [0.15, 0.2) is 42.9 Å². The van der Waals surface area contributed by atoms with Gasteiger partial charge >= 0.3 is 0 Å². The van der Waals surface area contributed by atoms with Crippen LogP contribution in [0.2, 0.25) is 0 Å². The highest BCUT2D eigenvalue weighted by atomic mass is 16.3. The fourth-order valence-electron chi connectivity index (χ4n) is 3.85. The third kappa shape index (κ3) is 4.16. The van der Waals surface area contributed by atoms with Gasteiger partial charge in [-0.1, -0.05) is 24.3 Å². The fourth-order valence-corrected chi connectivity index (χ4v) is 3.85. The number of benzene rings is 1. The summed E-state index contributed by atoms with van der Waals surface area (Å²) in [6.45, 7) is 9.97. The Kier molecular flexibility index (Phi) is 5.87.